The Balaban J connectivity index is 1.60. The smallest absolute Gasteiger partial charge is 0.319 e. The van der Waals surface area contributed by atoms with Crippen molar-refractivity contribution in [2.45, 2.75) is 33.1 Å². The maximum absolute atomic E-state index is 12.0. The first-order chi connectivity index (χ1) is 17.1. The van der Waals surface area contributed by atoms with Crippen molar-refractivity contribution in [3.8, 4) is 5.75 Å². The van der Waals surface area contributed by atoms with Crippen molar-refractivity contribution in [3.05, 3.63) is 48.8 Å². The fourth-order valence-corrected chi connectivity index (χ4v) is 3.64. The van der Waals surface area contributed by atoms with Gasteiger partial charge in [0.2, 0.25) is 0 Å². The van der Waals surface area contributed by atoms with Crippen LogP contribution in [0.25, 0.3) is 10.9 Å². The zero-order chi connectivity index (χ0) is 24.9. The average Bonchev–Trinajstić information content (AvgIpc) is 2.86. The number of benzene rings is 2. The van der Waals surface area contributed by atoms with Gasteiger partial charge >= 0.3 is 6.03 Å². The van der Waals surface area contributed by atoms with Gasteiger partial charge in [0.15, 0.2) is 0 Å². The van der Waals surface area contributed by atoms with Crippen molar-refractivity contribution in [3.63, 3.8) is 0 Å². The number of aliphatic hydroxyl groups is 1. The zero-order valence-corrected chi connectivity index (χ0v) is 20.6. The summed E-state index contributed by atoms with van der Waals surface area (Å²) in [5, 5.41) is 19.0. The summed E-state index contributed by atoms with van der Waals surface area (Å²) >= 11 is 0. The number of hydrogen-bond acceptors (Lipinski definition) is 7. The van der Waals surface area contributed by atoms with Gasteiger partial charge in [0, 0.05) is 42.5 Å². The zero-order valence-electron chi connectivity index (χ0n) is 20.6. The summed E-state index contributed by atoms with van der Waals surface area (Å²) in [7, 11) is 0. The molecule has 188 valence electrons. The number of aliphatic hydroxyl groups excluding tert-OH is 1. The maximum atomic E-state index is 12.0. The van der Waals surface area contributed by atoms with Gasteiger partial charge in [-0.25, -0.2) is 14.8 Å². The Morgan fingerprint density at radius 3 is 2.71 bits per heavy atom. The molecule has 3 aromatic rings. The number of carbonyl (C=O) groups is 1. The molecule has 1 aromatic heterocycles. The molecular formula is C26H36N6O3. The molecule has 0 aliphatic rings. The van der Waals surface area contributed by atoms with E-state index in [-0.39, 0.29) is 12.6 Å². The lowest BCUT2D eigenvalue weighted by Gasteiger charge is -2.18. The molecular weight excluding hydrogens is 444 g/mol. The quantitative estimate of drug-likeness (QED) is 0.253. The normalized spacial score (nSPS) is 11.0. The SMILES string of the molecule is CCCCNC(=O)Nc1cccc(Nc2ncnc3cc(OCCCN(CC)CCO)ccc23)c1. The van der Waals surface area contributed by atoms with E-state index in [1.54, 1.807) is 0 Å². The Labute approximate surface area is 206 Å². The van der Waals surface area contributed by atoms with Gasteiger partial charge in [-0.3, -0.25) is 0 Å². The molecule has 9 nitrogen and oxygen atoms in total. The second kappa shape index (κ2) is 14.1. The van der Waals surface area contributed by atoms with E-state index in [2.05, 4.69) is 44.7 Å². The fraction of sp³-hybridized carbons (Fsp3) is 0.423. The van der Waals surface area contributed by atoms with Crippen LogP contribution in [0.3, 0.4) is 0 Å². The largest absolute Gasteiger partial charge is 0.493 e. The van der Waals surface area contributed by atoms with Crippen LogP contribution in [-0.2, 0) is 0 Å². The first-order valence-corrected chi connectivity index (χ1v) is 12.3. The molecule has 0 aliphatic heterocycles. The number of hydrogen-bond donors (Lipinski definition) is 4. The van der Waals surface area contributed by atoms with Gasteiger partial charge in [-0.2, -0.15) is 0 Å². The number of nitrogens with zero attached hydrogens (tertiary/aromatic N) is 3. The Morgan fingerprint density at radius 2 is 1.91 bits per heavy atom. The third-order valence-electron chi connectivity index (χ3n) is 5.56. The molecule has 0 atom stereocenters. The predicted octanol–water partition coefficient (Wildman–Crippen LogP) is 4.38. The van der Waals surface area contributed by atoms with Crippen LogP contribution in [0.1, 0.15) is 33.1 Å². The van der Waals surface area contributed by atoms with Crippen molar-refractivity contribution in [2.75, 3.05) is 50.0 Å². The molecule has 2 aromatic carbocycles. The lowest BCUT2D eigenvalue weighted by atomic mass is 10.2. The molecule has 9 heteroatoms. The fourth-order valence-electron chi connectivity index (χ4n) is 3.64. The molecule has 0 saturated heterocycles. The Kier molecular flexibility index (Phi) is 10.5. The van der Waals surface area contributed by atoms with Gasteiger partial charge in [0.05, 0.1) is 18.7 Å². The lowest BCUT2D eigenvalue weighted by Crippen LogP contribution is -2.29. The van der Waals surface area contributed by atoms with Crippen LogP contribution in [0.4, 0.5) is 22.0 Å². The minimum absolute atomic E-state index is 0.171. The van der Waals surface area contributed by atoms with Crippen LogP contribution in [0, 0.1) is 0 Å². The van der Waals surface area contributed by atoms with Crippen molar-refractivity contribution >= 4 is 34.1 Å². The number of anilines is 3. The third kappa shape index (κ3) is 8.38. The Morgan fingerprint density at radius 1 is 1.06 bits per heavy atom. The summed E-state index contributed by atoms with van der Waals surface area (Å²) in [4.78, 5) is 23.0. The van der Waals surface area contributed by atoms with Crippen molar-refractivity contribution < 1.29 is 14.6 Å². The maximum Gasteiger partial charge on any atom is 0.319 e. The molecule has 0 bridgehead atoms. The van der Waals surface area contributed by atoms with E-state index >= 15 is 0 Å². The van der Waals surface area contributed by atoms with Crippen LogP contribution < -0.4 is 20.7 Å². The first kappa shape index (κ1) is 26.2. The highest BCUT2D eigenvalue weighted by Crippen LogP contribution is 2.27. The number of aromatic nitrogens is 2. The summed E-state index contributed by atoms with van der Waals surface area (Å²) in [5.41, 5.74) is 2.28. The topological polar surface area (TPSA) is 112 Å². The number of ether oxygens (including phenoxy) is 1. The van der Waals surface area contributed by atoms with Crippen molar-refractivity contribution in [2.24, 2.45) is 0 Å². The van der Waals surface area contributed by atoms with E-state index in [4.69, 9.17) is 9.84 Å². The molecule has 3 rings (SSSR count). The molecule has 0 radical (unpaired) electrons. The van der Waals surface area contributed by atoms with Gasteiger partial charge < -0.3 is 30.7 Å². The molecule has 1 heterocycles. The minimum atomic E-state index is -0.216. The predicted molar refractivity (Wildman–Crippen MR) is 141 cm³/mol. The molecule has 0 saturated carbocycles. The van der Waals surface area contributed by atoms with Crippen LogP contribution in [0.2, 0.25) is 0 Å². The van der Waals surface area contributed by atoms with E-state index in [0.717, 1.165) is 54.7 Å². The van der Waals surface area contributed by atoms with E-state index in [1.165, 1.54) is 6.33 Å². The van der Waals surface area contributed by atoms with E-state index < -0.39 is 0 Å². The highest BCUT2D eigenvalue weighted by molar-refractivity contribution is 5.92. The number of carbonyl (C=O) groups excluding carboxylic acids is 1. The lowest BCUT2D eigenvalue weighted by molar-refractivity contribution is 0.189. The van der Waals surface area contributed by atoms with Crippen LogP contribution in [0.5, 0.6) is 5.75 Å². The van der Waals surface area contributed by atoms with Crippen molar-refractivity contribution in [1.82, 2.24) is 20.2 Å². The van der Waals surface area contributed by atoms with E-state index in [0.29, 0.717) is 31.2 Å². The molecule has 0 spiro atoms. The van der Waals surface area contributed by atoms with Crippen molar-refractivity contribution in [1.29, 1.82) is 0 Å². The standard InChI is InChI=1S/C26H36N6O3/c1-3-5-12-27-26(34)31-21-9-6-8-20(17-21)30-25-23-11-10-22(18-24(23)28-19-29-25)35-16-7-13-32(4-2)14-15-33/h6,8-11,17-19,33H,3-5,7,12-16H2,1-2H3,(H2,27,31,34)(H,28,29,30). The molecule has 0 fully saturated rings. The Hall–Kier alpha value is -3.43. The molecule has 35 heavy (non-hydrogen) atoms. The van der Waals surface area contributed by atoms with Gasteiger partial charge in [-0.15, -0.1) is 0 Å². The summed E-state index contributed by atoms with van der Waals surface area (Å²) in [6.07, 6.45) is 4.38. The van der Waals surface area contributed by atoms with E-state index in [1.807, 2.05) is 42.5 Å². The summed E-state index contributed by atoms with van der Waals surface area (Å²) in [5.74, 6) is 1.43. The van der Waals surface area contributed by atoms with Gasteiger partial charge in [-0.1, -0.05) is 26.3 Å². The monoisotopic (exact) mass is 480 g/mol. The average molecular weight is 481 g/mol. The highest BCUT2D eigenvalue weighted by Gasteiger charge is 2.08. The molecule has 0 unspecified atom stereocenters. The van der Waals surface area contributed by atoms with Crippen LogP contribution in [0.15, 0.2) is 48.8 Å². The van der Waals surface area contributed by atoms with Gasteiger partial charge in [0.25, 0.3) is 0 Å². The minimum Gasteiger partial charge on any atom is -0.493 e. The van der Waals surface area contributed by atoms with E-state index in [9.17, 15) is 4.79 Å². The number of unbranched alkanes of at least 4 members (excludes halogenated alkanes) is 1. The number of fused-ring (bicyclic) bond motifs is 1. The Bertz CT molecular complexity index is 1080. The number of rotatable bonds is 14. The molecule has 2 amide bonds. The second-order valence-corrected chi connectivity index (χ2v) is 8.20. The first-order valence-electron chi connectivity index (χ1n) is 12.3. The molecule has 4 N–H and O–H groups in total. The number of likely N-dealkylation sites (N-methyl/N-ethyl adjacent to an activating group) is 1. The number of amides is 2. The third-order valence-corrected chi connectivity index (χ3v) is 5.56. The summed E-state index contributed by atoms with van der Waals surface area (Å²) < 4.78 is 5.92. The van der Waals surface area contributed by atoms with Crippen LogP contribution in [-0.4, -0.2) is 65.4 Å². The summed E-state index contributed by atoms with van der Waals surface area (Å²) in [6.45, 7) is 8.07. The number of nitrogens with one attached hydrogen (secondary N) is 3. The summed E-state index contributed by atoms with van der Waals surface area (Å²) in [6, 6.07) is 13.1. The number of urea groups is 1. The second-order valence-electron chi connectivity index (χ2n) is 8.20. The highest BCUT2D eigenvalue weighted by atomic mass is 16.5. The van der Waals surface area contributed by atoms with Gasteiger partial charge in [0.1, 0.15) is 17.9 Å². The van der Waals surface area contributed by atoms with Gasteiger partial charge in [-0.05, 0) is 49.7 Å². The van der Waals surface area contributed by atoms with Crippen LogP contribution >= 0.6 is 0 Å². The molecule has 0 aliphatic carbocycles.